The lowest BCUT2D eigenvalue weighted by Crippen LogP contribution is -2.31. The van der Waals surface area contributed by atoms with E-state index in [2.05, 4.69) is 0 Å². The van der Waals surface area contributed by atoms with E-state index >= 15 is 0 Å². The molecule has 1 saturated heterocycles. The molecule has 1 atom stereocenters. The van der Waals surface area contributed by atoms with Crippen molar-refractivity contribution >= 4 is 11.8 Å². The predicted octanol–water partition coefficient (Wildman–Crippen LogP) is 0.716. The number of carbonyl (C=O) groups excluding carboxylic acids is 2. The number of hydrogen-bond donors (Lipinski definition) is 0. The standard InChI is InChI=1S/C12H16N2O3/c1-13(2)12(16)9-6-11(15)14(7-9)8-10-4-3-5-17-10/h3-5,9H,6-8H2,1-2H3. The van der Waals surface area contributed by atoms with Crippen molar-refractivity contribution in [2.24, 2.45) is 5.92 Å². The van der Waals surface area contributed by atoms with Gasteiger partial charge in [-0.2, -0.15) is 0 Å². The van der Waals surface area contributed by atoms with Gasteiger partial charge in [-0.1, -0.05) is 0 Å². The molecule has 0 spiro atoms. The van der Waals surface area contributed by atoms with Gasteiger partial charge >= 0.3 is 0 Å². The van der Waals surface area contributed by atoms with Gasteiger partial charge in [0, 0.05) is 27.1 Å². The molecular weight excluding hydrogens is 220 g/mol. The number of furan rings is 1. The largest absolute Gasteiger partial charge is 0.467 e. The maximum absolute atomic E-state index is 11.8. The highest BCUT2D eigenvalue weighted by atomic mass is 16.3. The summed E-state index contributed by atoms with van der Waals surface area (Å²) >= 11 is 0. The molecule has 0 radical (unpaired) electrons. The Balaban J connectivity index is 1.98. The molecule has 5 heteroatoms. The summed E-state index contributed by atoms with van der Waals surface area (Å²) in [6.45, 7) is 0.930. The van der Waals surface area contributed by atoms with Gasteiger partial charge in [0.25, 0.3) is 0 Å². The van der Waals surface area contributed by atoms with Crippen molar-refractivity contribution in [2.75, 3.05) is 20.6 Å². The van der Waals surface area contributed by atoms with Gasteiger partial charge in [-0.15, -0.1) is 0 Å². The van der Waals surface area contributed by atoms with Crippen molar-refractivity contribution in [1.82, 2.24) is 9.80 Å². The van der Waals surface area contributed by atoms with Gasteiger partial charge in [-0.05, 0) is 12.1 Å². The molecule has 1 fully saturated rings. The Hall–Kier alpha value is -1.78. The van der Waals surface area contributed by atoms with Gasteiger partial charge in [-0.3, -0.25) is 9.59 Å². The van der Waals surface area contributed by atoms with Crippen molar-refractivity contribution in [2.45, 2.75) is 13.0 Å². The van der Waals surface area contributed by atoms with Crippen LogP contribution in [0.25, 0.3) is 0 Å². The summed E-state index contributed by atoms with van der Waals surface area (Å²) in [5.74, 6) is 0.561. The summed E-state index contributed by atoms with van der Waals surface area (Å²) in [6.07, 6.45) is 1.88. The summed E-state index contributed by atoms with van der Waals surface area (Å²) in [7, 11) is 3.42. The van der Waals surface area contributed by atoms with Crippen molar-refractivity contribution in [3.63, 3.8) is 0 Å². The second-order valence-electron chi connectivity index (χ2n) is 4.49. The maximum Gasteiger partial charge on any atom is 0.227 e. The molecule has 0 aliphatic carbocycles. The normalized spacial score (nSPS) is 19.8. The molecule has 0 N–H and O–H groups in total. The molecule has 1 aliphatic heterocycles. The van der Waals surface area contributed by atoms with E-state index in [-0.39, 0.29) is 17.7 Å². The molecule has 1 aromatic rings. The minimum Gasteiger partial charge on any atom is -0.467 e. The predicted molar refractivity (Wildman–Crippen MR) is 60.9 cm³/mol. The van der Waals surface area contributed by atoms with E-state index in [4.69, 9.17) is 4.42 Å². The Labute approximate surface area is 100.0 Å². The van der Waals surface area contributed by atoms with Crippen LogP contribution in [0.5, 0.6) is 0 Å². The number of rotatable bonds is 3. The Morgan fingerprint density at radius 2 is 2.35 bits per heavy atom. The zero-order valence-corrected chi connectivity index (χ0v) is 10.0. The third kappa shape index (κ3) is 2.49. The van der Waals surface area contributed by atoms with Crippen LogP contribution in [0.3, 0.4) is 0 Å². The van der Waals surface area contributed by atoms with E-state index in [0.29, 0.717) is 19.5 Å². The average Bonchev–Trinajstić information content (AvgIpc) is 2.89. The third-order valence-corrected chi connectivity index (χ3v) is 2.93. The molecule has 92 valence electrons. The van der Waals surface area contributed by atoms with Gasteiger partial charge in [0.05, 0.1) is 18.7 Å². The molecule has 2 rings (SSSR count). The number of amides is 2. The Morgan fingerprint density at radius 3 is 2.94 bits per heavy atom. The van der Waals surface area contributed by atoms with E-state index in [1.165, 1.54) is 4.90 Å². The maximum atomic E-state index is 11.8. The topological polar surface area (TPSA) is 53.8 Å². The fourth-order valence-corrected chi connectivity index (χ4v) is 2.05. The monoisotopic (exact) mass is 236 g/mol. The Kier molecular flexibility index (Phi) is 3.17. The highest BCUT2D eigenvalue weighted by molar-refractivity contribution is 5.89. The Bertz CT molecular complexity index is 411. The van der Waals surface area contributed by atoms with Crippen LogP contribution < -0.4 is 0 Å². The molecule has 2 heterocycles. The summed E-state index contributed by atoms with van der Waals surface area (Å²) in [5.41, 5.74) is 0. The lowest BCUT2D eigenvalue weighted by atomic mass is 10.1. The van der Waals surface area contributed by atoms with Gasteiger partial charge in [0.1, 0.15) is 5.76 Å². The van der Waals surface area contributed by atoms with Crippen LogP contribution >= 0.6 is 0 Å². The molecule has 1 aliphatic rings. The van der Waals surface area contributed by atoms with Gasteiger partial charge in [0.2, 0.25) is 11.8 Å². The van der Waals surface area contributed by atoms with Gasteiger partial charge in [-0.25, -0.2) is 0 Å². The average molecular weight is 236 g/mol. The fourth-order valence-electron chi connectivity index (χ4n) is 2.05. The van der Waals surface area contributed by atoms with E-state index in [9.17, 15) is 9.59 Å². The van der Waals surface area contributed by atoms with Crippen molar-refractivity contribution in [3.05, 3.63) is 24.2 Å². The Morgan fingerprint density at radius 1 is 1.59 bits per heavy atom. The highest BCUT2D eigenvalue weighted by Crippen LogP contribution is 2.21. The lowest BCUT2D eigenvalue weighted by Gasteiger charge is -2.17. The third-order valence-electron chi connectivity index (χ3n) is 2.93. The zero-order valence-electron chi connectivity index (χ0n) is 10.0. The first kappa shape index (κ1) is 11.7. The lowest BCUT2D eigenvalue weighted by molar-refractivity contribution is -0.133. The molecule has 1 unspecified atom stereocenters. The van der Waals surface area contributed by atoms with Crippen molar-refractivity contribution < 1.29 is 14.0 Å². The van der Waals surface area contributed by atoms with Gasteiger partial charge in [0.15, 0.2) is 0 Å². The first-order chi connectivity index (χ1) is 8.08. The SMILES string of the molecule is CN(C)C(=O)C1CC(=O)N(Cc2ccco2)C1. The van der Waals surface area contributed by atoms with Crippen LogP contribution in [0.1, 0.15) is 12.2 Å². The minimum atomic E-state index is -0.215. The van der Waals surface area contributed by atoms with E-state index in [1.54, 1.807) is 31.3 Å². The molecule has 5 nitrogen and oxygen atoms in total. The molecule has 1 aromatic heterocycles. The van der Waals surface area contributed by atoms with Crippen molar-refractivity contribution in [3.8, 4) is 0 Å². The highest BCUT2D eigenvalue weighted by Gasteiger charge is 2.35. The van der Waals surface area contributed by atoms with Crippen LogP contribution in [-0.2, 0) is 16.1 Å². The van der Waals surface area contributed by atoms with Crippen LogP contribution in [0.4, 0.5) is 0 Å². The van der Waals surface area contributed by atoms with Gasteiger partial charge < -0.3 is 14.2 Å². The van der Waals surface area contributed by atoms with E-state index < -0.39 is 0 Å². The zero-order chi connectivity index (χ0) is 12.4. The summed E-state index contributed by atoms with van der Waals surface area (Å²) in [6, 6.07) is 3.62. The summed E-state index contributed by atoms with van der Waals surface area (Å²) < 4.78 is 5.20. The smallest absolute Gasteiger partial charge is 0.227 e. The number of hydrogen-bond acceptors (Lipinski definition) is 3. The van der Waals surface area contributed by atoms with Crippen LogP contribution in [0.2, 0.25) is 0 Å². The molecule has 17 heavy (non-hydrogen) atoms. The molecule has 0 bridgehead atoms. The van der Waals surface area contributed by atoms with Crippen LogP contribution in [0, 0.1) is 5.92 Å². The fraction of sp³-hybridized carbons (Fsp3) is 0.500. The van der Waals surface area contributed by atoms with E-state index in [1.807, 2.05) is 6.07 Å². The van der Waals surface area contributed by atoms with Crippen LogP contribution in [-0.4, -0.2) is 42.3 Å². The molecular formula is C12H16N2O3. The van der Waals surface area contributed by atoms with Crippen molar-refractivity contribution in [1.29, 1.82) is 0 Å². The number of nitrogens with zero attached hydrogens (tertiary/aromatic N) is 2. The second-order valence-corrected chi connectivity index (χ2v) is 4.49. The number of carbonyl (C=O) groups is 2. The first-order valence-corrected chi connectivity index (χ1v) is 5.59. The minimum absolute atomic E-state index is 0.0142. The number of likely N-dealkylation sites (tertiary alicyclic amines) is 1. The molecule has 2 amide bonds. The van der Waals surface area contributed by atoms with Crippen LogP contribution in [0.15, 0.2) is 22.8 Å². The summed E-state index contributed by atoms with van der Waals surface area (Å²) in [5, 5.41) is 0. The quantitative estimate of drug-likeness (QED) is 0.777. The second kappa shape index (κ2) is 4.61. The summed E-state index contributed by atoms with van der Waals surface area (Å²) in [4.78, 5) is 26.7. The first-order valence-electron chi connectivity index (χ1n) is 5.59. The molecule has 0 aromatic carbocycles. The van der Waals surface area contributed by atoms with E-state index in [0.717, 1.165) is 5.76 Å². The molecule has 0 saturated carbocycles.